The highest BCUT2D eigenvalue weighted by Crippen LogP contribution is 2.27. The van der Waals surface area contributed by atoms with Crippen molar-refractivity contribution >= 4 is 12.1 Å². The van der Waals surface area contributed by atoms with Crippen molar-refractivity contribution in [3.05, 3.63) is 46.8 Å². The fraction of sp³-hybridized carbons (Fsp3) is 0.421. The van der Waals surface area contributed by atoms with Crippen LogP contribution in [0, 0.1) is 6.92 Å². The molecule has 0 atom stereocenters. The lowest BCUT2D eigenvalue weighted by molar-refractivity contribution is 0.0124. The first-order valence-electron chi connectivity index (χ1n) is 8.57. The maximum Gasteiger partial charge on any atom is 0.288 e. The number of nitrogens with zero attached hydrogens (tertiary/aromatic N) is 3. The molecule has 0 aliphatic rings. The number of aliphatic imine (C=N–C) groups is 1. The average Bonchev–Trinajstić information content (AvgIpc) is 3.09. The predicted octanol–water partition coefficient (Wildman–Crippen LogP) is 2.93. The van der Waals surface area contributed by atoms with E-state index in [2.05, 4.69) is 27.6 Å². The second-order valence-electron chi connectivity index (χ2n) is 5.90. The second kappa shape index (κ2) is 9.91. The Hall–Kier alpha value is -2.61. The van der Waals surface area contributed by atoms with Gasteiger partial charge in [0, 0.05) is 26.6 Å². The minimum atomic E-state index is -3.11. The normalized spacial score (nSPS) is 11.6. The van der Waals surface area contributed by atoms with Gasteiger partial charge in [0.1, 0.15) is 17.2 Å². The SMILES string of the molecule is CCNC.CN=C(NC)c1cc(-n2nc(C(C)(F)F)cc2C=O)ccc1C. The van der Waals surface area contributed by atoms with Crippen LogP contribution in [0.4, 0.5) is 8.78 Å². The summed E-state index contributed by atoms with van der Waals surface area (Å²) < 4.78 is 28.1. The van der Waals surface area contributed by atoms with Gasteiger partial charge in [-0.1, -0.05) is 13.0 Å². The molecule has 1 aromatic heterocycles. The summed E-state index contributed by atoms with van der Waals surface area (Å²) in [6, 6.07) is 6.40. The fourth-order valence-corrected chi connectivity index (χ4v) is 2.26. The highest BCUT2D eigenvalue weighted by molar-refractivity contribution is 6.00. The van der Waals surface area contributed by atoms with Crippen LogP contribution in [-0.2, 0) is 5.92 Å². The molecule has 2 N–H and O–H groups in total. The molecule has 2 aromatic rings. The number of rotatable bonds is 5. The van der Waals surface area contributed by atoms with Gasteiger partial charge in [0.2, 0.25) is 0 Å². The summed E-state index contributed by atoms with van der Waals surface area (Å²) in [6.45, 7) is 5.80. The summed E-state index contributed by atoms with van der Waals surface area (Å²) in [5.74, 6) is -2.46. The molecular formula is C19H27F2N5O. The molecule has 0 bridgehead atoms. The second-order valence-corrected chi connectivity index (χ2v) is 5.90. The van der Waals surface area contributed by atoms with Crippen LogP contribution in [-0.4, -0.2) is 49.6 Å². The molecule has 2 rings (SSSR count). The van der Waals surface area contributed by atoms with Crippen molar-refractivity contribution in [1.29, 1.82) is 0 Å². The maximum atomic E-state index is 13.5. The van der Waals surface area contributed by atoms with Crippen LogP contribution in [0.2, 0.25) is 0 Å². The van der Waals surface area contributed by atoms with E-state index in [1.165, 1.54) is 4.68 Å². The number of aromatic nitrogens is 2. The van der Waals surface area contributed by atoms with Crippen LogP contribution in [0.15, 0.2) is 29.3 Å². The third kappa shape index (κ3) is 5.68. The number of hydrogen-bond acceptors (Lipinski definition) is 4. The van der Waals surface area contributed by atoms with E-state index in [1.54, 1.807) is 26.2 Å². The van der Waals surface area contributed by atoms with Gasteiger partial charge in [-0.15, -0.1) is 0 Å². The summed E-state index contributed by atoms with van der Waals surface area (Å²) in [5, 5.41) is 9.79. The molecule has 0 amide bonds. The van der Waals surface area contributed by atoms with E-state index in [-0.39, 0.29) is 5.69 Å². The Morgan fingerprint density at radius 2 is 1.96 bits per heavy atom. The molecule has 0 aliphatic carbocycles. The van der Waals surface area contributed by atoms with Crippen LogP contribution in [0.1, 0.15) is 41.2 Å². The minimum Gasteiger partial charge on any atom is -0.373 e. The largest absolute Gasteiger partial charge is 0.373 e. The molecule has 0 fully saturated rings. The number of amidine groups is 1. The number of carbonyl (C=O) groups is 1. The van der Waals surface area contributed by atoms with Crippen molar-refractivity contribution in [1.82, 2.24) is 20.4 Å². The Morgan fingerprint density at radius 1 is 1.33 bits per heavy atom. The summed E-state index contributed by atoms with van der Waals surface area (Å²) in [6.07, 6.45) is 0.509. The van der Waals surface area contributed by atoms with Gasteiger partial charge >= 0.3 is 0 Å². The Labute approximate surface area is 158 Å². The highest BCUT2D eigenvalue weighted by Gasteiger charge is 2.29. The van der Waals surface area contributed by atoms with Crippen molar-refractivity contribution in [2.45, 2.75) is 26.7 Å². The van der Waals surface area contributed by atoms with Gasteiger partial charge in [0.15, 0.2) is 6.29 Å². The minimum absolute atomic E-state index is 0.0655. The van der Waals surface area contributed by atoms with Crippen molar-refractivity contribution in [2.75, 3.05) is 27.7 Å². The maximum absolute atomic E-state index is 13.5. The topological polar surface area (TPSA) is 71.3 Å². The molecule has 1 aromatic carbocycles. The van der Waals surface area contributed by atoms with E-state index in [0.29, 0.717) is 17.8 Å². The molecule has 8 heteroatoms. The third-order valence-corrected chi connectivity index (χ3v) is 3.84. The number of halogens is 2. The van der Waals surface area contributed by atoms with Gasteiger partial charge in [-0.3, -0.25) is 9.79 Å². The quantitative estimate of drug-likeness (QED) is 0.476. The van der Waals surface area contributed by atoms with Crippen LogP contribution < -0.4 is 10.6 Å². The zero-order chi connectivity index (χ0) is 20.6. The molecule has 6 nitrogen and oxygen atoms in total. The molecule has 27 heavy (non-hydrogen) atoms. The molecule has 0 saturated heterocycles. The Kier molecular flexibility index (Phi) is 8.24. The molecule has 0 radical (unpaired) electrons. The van der Waals surface area contributed by atoms with E-state index >= 15 is 0 Å². The summed E-state index contributed by atoms with van der Waals surface area (Å²) in [5.41, 5.74) is 1.91. The first kappa shape index (κ1) is 22.4. The monoisotopic (exact) mass is 379 g/mol. The number of nitrogens with one attached hydrogen (secondary N) is 2. The van der Waals surface area contributed by atoms with E-state index in [4.69, 9.17) is 0 Å². The molecular weight excluding hydrogens is 352 g/mol. The van der Waals surface area contributed by atoms with Crippen LogP contribution in [0.3, 0.4) is 0 Å². The molecule has 148 valence electrons. The van der Waals surface area contributed by atoms with Crippen LogP contribution in [0.5, 0.6) is 0 Å². The first-order chi connectivity index (χ1) is 12.7. The van der Waals surface area contributed by atoms with Crippen molar-refractivity contribution in [3.8, 4) is 5.69 Å². The lowest BCUT2D eigenvalue weighted by Gasteiger charge is -2.12. The van der Waals surface area contributed by atoms with Gasteiger partial charge in [-0.25, -0.2) is 4.68 Å². The van der Waals surface area contributed by atoms with Crippen LogP contribution >= 0.6 is 0 Å². The zero-order valence-corrected chi connectivity index (χ0v) is 16.6. The molecule has 0 aliphatic heterocycles. The van der Waals surface area contributed by atoms with E-state index in [1.807, 2.05) is 20.0 Å². The van der Waals surface area contributed by atoms with E-state index in [9.17, 15) is 13.6 Å². The number of carbonyl (C=O) groups excluding carboxylic acids is 1. The molecule has 1 heterocycles. The molecule has 0 unspecified atom stereocenters. The van der Waals surface area contributed by atoms with Crippen molar-refractivity contribution in [3.63, 3.8) is 0 Å². The van der Waals surface area contributed by atoms with Gasteiger partial charge in [0.25, 0.3) is 5.92 Å². The summed E-state index contributed by atoms with van der Waals surface area (Å²) in [4.78, 5) is 15.3. The average molecular weight is 379 g/mol. The number of hydrogen-bond donors (Lipinski definition) is 2. The Morgan fingerprint density at radius 3 is 2.41 bits per heavy atom. The van der Waals surface area contributed by atoms with Crippen molar-refractivity contribution < 1.29 is 13.6 Å². The summed E-state index contributed by atoms with van der Waals surface area (Å²) in [7, 11) is 5.33. The third-order valence-electron chi connectivity index (χ3n) is 3.84. The number of benzene rings is 1. The zero-order valence-electron chi connectivity index (χ0n) is 16.6. The van der Waals surface area contributed by atoms with Gasteiger partial charge < -0.3 is 10.6 Å². The van der Waals surface area contributed by atoms with Gasteiger partial charge in [-0.2, -0.15) is 13.9 Å². The number of aryl methyl sites for hydroxylation is 1. The number of alkyl halides is 2. The smallest absolute Gasteiger partial charge is 0.288 e. The summed E-state index contributed by atoms with van der Waals surface area (Å²) >= 11 is 0. The first-order valence-corrected chi connectivity index (χ1v) is 8.57. The Bertz CT molecular complexity index is 792. The van der Waals surface area contributed by atoms with Gasteiger partial charge in [-0.05, 0) is 44.3 Å². The highest BCUT2D eigenvalue weighted by atomic mass is 19.3. The standard InChI is InChI=1S/C16H18F2N4O.C3H9N/c1-10-5-6-11(7-13(10)15(19-3)20-4)22-12(9-23)8-14(21-22)16(2,17)18;1-3-4-2/h5-9H,1-4H3,(H,19,20);4H,3H2,1-2H3. The van der Waals surface area contributed by atoms with Crippen LogP contribution in [0.25, 0.3) is 5.69 Å². The fourth-order valence-electron chi connectivity index (χ4n) is 2.26. The van der Waals surface area contributed by atoms with E-state index < -0.39 is 11.6 Å². The Balaban J connectivity index is 0.000000828. The van der Waals surface area contributed by atoms with Gasteiger partial charge in [0.05, 0.1) is 5.69 Å². The van der Waals surface area contributed by atoms with Crippen molar-refractivity contribution in [2.24, 2.45) is 4.99 Å². The van der Waals surface area contributed by atoms with E-state index in [0.717, 1.165) is 30.7 Å². The lowest BCUT2D eigenvalue weighted by Crippen LogP contribution is -2.21. The lowest BCUT2D eigenvalue weighted by atomic mass is 10.1. The number of aldehydes is 1. The predicted molar refractivity (Wildman–Crippen MR) is 104 cm³/mol. The molecule has 0 saturated carbocycles. The molecule has 0 spiro atoms.